The van der Waals surface area contributed by atoms with E-state index >= 15 is 0 Å². The molecule has 5 heteroatoms. The van der Waals surface area contributed by atoms with Crippen LogP contribution in [0.4, 0.5) is 0 Å². The van der Waals surface area contributed by atoms with Gasteiger partial charge in [-0.2, -0.15) is 0 Å². The molecular weight excluding hydrogens is 274 g/mol. The van der Waals surface area contributed by atoms with Crippen LogP contribution in [-0.4, -0.2) is 23.5 Å². The van der Waals surface area contributed by atoms with Crippen LogP contribution in [-0.2, 0) is 17.6 Å². The predicted octanol–water partition coefficient (Wildman–Crippen LogP) is 2.47. The van der Waals surface area contributed by atoms with E-state index in [0.29, 0.717) is 18.8 Å². The van der Waals surface area contributed by atoms with Gasteiger partial charge in [-0.15, -0.1) is 11.3 Å². The summed E-state index contributed by atoms with van der Waals surface area (Å²) >= 11 is 1.57. The maximum Gasteiger partial charge on any atom is 0.311 e. The lowest BCUT2D eigenvalue weighted by Gasteiger charge is -2.16. The molecule has 4 nitrogen and oxygen atoms in total. The zero-order chi connectivity index (χ0) is 14.3. The molecule has 108 valence electrons. The Balaban J connectivity index is 1.65. The van der Waals surface area contributed by atoms with E-state index in [2.05, 4.69) is 12.2 Å². The van der Waals surface area contributed by atoms with Crippen molar-refractivity contribution < 1.29 is 14.7 Å². The van der Waals surface area contributed by atoms with Crippen molar-refractivity contribution in [1.82, 2.24) is 5.32 Å². The second-order valence-corrected chi connectivity index (χ2v) is 7.31. The Morgan fingerprint density at radius 1 is 1.50 bits per heavy atom. The molecule has 1 heterocycles. The number of carboxylic acid groups (broad SMARTS) is 1. The summed E-state index contributed by atoms with van der Waals surface area (Å²) in [4.78, 5) is 25.3. The van der Waals surface area contributed by atoms with Crippen LogP contribution in [0.15, 0.2) is 6.07 Å². The van der Waals surface area contributed by atoms with Crippen molar-refractivity contribution in [3.63, 3.8) is 0 Å². The minimum atomic E-state index is -0.794. The van der Waals surface area contributed by atoms with E-state index in [4.69, 9.17) is 5.11 Å². The number of fused-ring (bicyclic) bond motifs is 1. The van der Waals surface area contributed by atoms with Crippen molar-refractivity contribution in [3.8, 4) is 0 Å². The lowest BCUT2D eigenvalue weighted by Crippen LogP contribution is -2.33. The molecule has 1 saturated carbocycles. The molecule has 3 rings (SSSR count). The first-order valence-electron chi connectivity index (χ1n) is 7.13. The Labute approximate surface area is 122 Å². The van der Waals surface area contributed by atoms with E-state index in [1.165, 1.54) is 16.9 Å². The maximum absolute atomic E-state index is 12.1. The predicted molar refractivity (Wildman–Crippen MR) is 77.1 cm³/mol. The van der Waals surface area contributed by atoms with E-state index < -0.39 is 11.4 Å². The summed E-state index contributed by atoms with van der Waals surface area (Å²) in [5.74, 6) is -0.226. The van der Waals surface area contributed by atoms with Crippen molar-refractivity contribution in [2.24, 2.45) is 11.3 Å². The summed E-state index contributed by atoms with van der Waals surface area (Å²) in [5.41, 5.74) is 0.611. The van der Waals surface area contributed by atoms with Crippen LogP contribution in [0, 0.1) is 11.3 Å². The van der Waals surface area contributed by atoms with Gasteiger partial charge >= 0.3 is 5.97 Å². The molecule has 0 aromatic carbocycles. The standard InChI is InChI=1S/C15H19NO3S/c1-9-2-3-11-10(6-9)7-12(20-11)13(17)16-8-15(4-5-15)14(18)19/h7,9H,2-6,8H2,1H3,(H,16,17)(H,18,19). The van der Waals surface area contributed by atoms with Crippen LogP contribution < -0.4 is 5.32 Å². The molecular formula is C15H19NO3S. The quantitative estimate of drug-likeness (QED) is 0.896. The number of carbonyl (C=O) groups excluding carboxylic acids is 1. The number of amides is 1. The first-order chi connectivity index (χ1) is 9.50. The summed E-state index contributed by atoms with van der Waals surface area (Å²) < 4.78 is 0. The highest BCUT2D eigenvalue weighted by atomic mass is 32.1. The summed E-state index contributed by atoms with van der Waals surface area (Å²) in [6.45, 7) is 2.49. The molecule has 0 aliphatic heterocycles. The number of thiophene rings is 1. The van der Waals surface area contributed by atoms with Crippen LogP contribution in [0.1, 0.15) is 46.3 Å². The van der Waals surface area contributed by atoms with Crippen LogP contribution in [0.2, 0.25) is 0 Å². The van der Waals surface area contributed by atoms with Gasteiger partial charge in [0.2, 0.25) is 0 Å². The van der Waals surface area contributed by atoms with Gasteiger partial charge in [0.25, 0.3) is 5.91 Å². The number of carbonyl (C=O) groups is 2. The van der Waals surface area contributed by atoms with Crippen LogP contribution in [0.5, 0.6) is 0 Å². The Morgan fingerprint density at radius 2 is 2.25 bits per heavy atom. The minimum absolute atomic E-state index is 0.121. The summed E-state index contributed by atoms with van der Waals surface area (Å²) in [5, 5.41) is 11.9. The summed E-state index contributed by atoms with van der Waals surface area (Å²) in [7, 11) is 0. The highest BCUT2D eigenvalue weighted by Crippen LogP contribution is 2.45. The van der Waals surface area contributed by atoms with Gasteiger partial charge in [-0.3, -0.25) is 9.59 Å². The number of hydrogen-bond donors (Lipinski definition) is 2. The van der Waals surface area contributed by atoms with Gasteiger partial charge in [-0.05, 0) is 49.7 Å². The number of hydrogen-bond acceptors (Lipinski definition) is 3. The topological polar surface area (TPSA) is 66.4 Å². The maximum atomic E-state index is 12.1. The normalized spacial score (nSPS) is 22.9. The average Bonchev–Trinajstić information content (AvgIpc) is 3.09. The first-order valence-corrected chi connectivity index (χ1v) is 7.95. The molecule has 2 aliphatic rings. The van der Waals surface area contributed by atoms with Gasteiger partial charge in [-0.1, -0.05) is 6.92 Å². The van der Waals surface area contributed by atoms with Gasteiger partial charge < -0.3 is 10.4 Å². The molecule has 1 fully saturated rings. The fourth-order valence-corrected chi connectivity index (χ4v) is 3.90. The zero-order valence-corrected chi connectivity index (χ0v) is 12.4. The van der Waals surface area contributed by atoms with E-state index in [-0.39, 0.29) is 12.5 Å². The van der Waals surface area contributed by atoms with E-state index in [9.17, 15) is 9.59 Å². The Kier molecular flexibility index (Phi) is 3.32. The van der Waals surface area contributed by atoms with Crippen molar-refractivity contribution in [2.45, 2.75) is 39.0 Å². The smallest absolute Gasteiger partial charge is 0.311 e. The molecule has 0 spiro atoms. The fraction of sp³-hybridized carbons (Fsp3) is 0.600. The third kappa shape index (κ3) is 2.46. The highest BCUT2D eigenvalue weighted by Gasteiger charge is 2.50. The minimum Gasteiger partial charge on any atom is -0.481 e. The Morgan fingerprint density at radius 3 is 2.90 bits per heavy atom. The molecule has 0 saturated heterocycles. The Hall–Kier alpha value is -1.36. The van der Waals surface area contributed by atoms with Gasteiger partial charge in [0.05, 0.1) is 10.3 Å². The average molecular weight is 293 g/mol. The van der Waals surface area contributed by atoms with E-state index in [0.717, 1.165) is 17.7 Å². The van der Waals surface area contributed by atoms with Crippen molar-refractivity contribution in [1.29, 1.82) is 0 Å². The van der Waals surface area contributed by atoms with Gasteiger partial charge in [0.15, 0.2) is 0 Å². The lowest BCUT2D eigenvalue weighted by molar-refractivity contribution is -0.143. The summed E-state index contributed by atoms with van der Waals surface area (Å²) in [6, 6.07) is 1.99. The molecule has 1 unspecified atom stereocenters. The monoisotopic (exact) mass is 293 g/mol. The molecule has 1 aromatic rings. The lowest BCUT2D eigenvalue weighted by atomic mass is 9.90. The molecule has 1 aromatic heterocycles. The third-order valence-electron chi connectivity index (χ3n) is 4.45. The largest absolute Gasteiger partial charge is 0.481 e. The fourth-order valence-electron chi connectivity index (χ4n) is 2.77. The number of aliphatic carboxylic acids is 1. The number of aryl methyl sites for hydroxylation is 1. The van der Waals surface area contributed by atoms with Crippen molar-refractivity contribution >= 4 is 23.2 Å². The zero-order valence-electron chi connectivity index (χ0n) is 11.6. The molecule has 1 amide bonds. The molecule has 2 N–H and O–H groups in total. The highest BCUT2D eigenvalue weighted by molar-refractivity contribution is 7.14. The number of nitrogens with one attached hydrogen (secondary N) is 1. The van der Waals surface area contributed by atoms with Gasteiger partial charge in [0, 0.05) is 11.4 Å². The van der Waals surface area contributed by atoms with Gasteiger partial charge in [0.1, 0.15) is 0 Å². The van der Waals surface area contributed by atoms with Crippen LogP contribution >= 0.6 is 11.3 Å². The summed E-state index contributed by atoms with van der Waals surface area (Å²) in [6.07, 6.45) is 4.64. The number of rotatable bonds is 4. The SMILES string of the molecule is CC1CCc2sc(C(=O)NCC3(C(=O)O)CC3)cc2C1. The van der Waals surface area contributed by atoms with Crippen LogP contribution in [0.3, 0.4) is 0 Å². The van der Waals surface area contributed by atoms with Gasteiger partial charge in [-0.25, -0.2) is 0 Å². The van der Waals surface area contributed by atoms with E-state index in [1.807, 2.05) is 6.07 Å². The first kappa shape index (κ1) is 13.6. The van der Waals surface area contributed by atoms with Crippen molar-refractivity contribution in [2.75, 3.05) is 6.54 Å². The molecule has 0 bridgehead atoms. The second-order valence-electron chi connectivity index (χ2n) is 6.18. The van der Waals surface area contributed by atoms with E-state index in [1.54, 1.807) is 11.3 Å². The molecule has 20 heavy (non-hydrogen) atoms. The van der Waals surface area contributed by atoms with Crippen molar-refractivity contribution in [3.05, 3.63) is 21.4 Å². The van der Waals surface area contributed by atoms with Crippen LogP contribution in [0.25, 0.3) is 0 Å². The Bertz CT molecular complexity index is 559. The molecule has 1 atom stereocenters. The third-order valence-corrected chi connectivity index (χ3v) is 5.68. The molecule has 2 aliphatic carbocycles. The second kappa shape index (κ2) is 4.88. The number of carboxylic acids is 1. The molecule has 0 radical (unpaired) electrons.